The number of thiophene rings is 1. The highest BCUT2D eigenvalue weighted by Crippen LogP contribution is 2.18. The van der Waals surface area contributed by atoms with E-state index in [9.17, 15) is 17.6 Å². The average molecular weight is 298 g/mol. The first-order valence-electron chi connectivity index (χ1n) is 5.50. The van der Waals surface area contributed by atoms with Crippen molar-refractivity contribution in [3.63, 3.8) is 0 Å². The van der Waals surface area contributed by atoms with E-state index in [4.69, 9.17) is 0 Å². The lowest BCUT2D eigenvalue weighted by Crippen LogP contribution is -2.17. The van der Waals surface area contributed by atoms with Gasteiger partial charge in [0.05, 0.1) is 0 Å². The molecule has 19 heavy (non-hydrogen) atoms. The van der Waals surface area contributed by atoms with Gasteiger partial charge in [-0.3, -0.25) is 4.79 Å². The summed E-state index contributed by atoms with van der Waals surface area (Å²) in [6.07, 6.45) is -0.211. The third-order valence-corrected chi connectivity index (χ3v) is 5.66. The fourth-order valence-corrected chi connectivity index (χ4v) is 3.96. The quantitative estimate of drug-likeness (QED) is 0.852. The highest BCUT2D eigenvalue weighted by Gasteiger charge is 2.20. The summed E-state index contributed by atoms with van der Waals surface area (Å²) in [6, 6.07) is 8.92. The summed E-state index contributed by atoms with van der Waals surface area (Å²) in [5.74, 6) is -1.61. The molecule has 0 radical (unpaired) electrons. The molecule has 0 saturated carbocycles. The van der Waals surface area contributed by atoms with Crippen LogP contribution in [0.5, 0.6) is 0 Å². The first kappa shape index (κ1) is 13.9. The van der Waals surface area contributed by atoms with Gasteiger partial charge in [-0.2, -0.15) is 0 Å². The number of Topliss-reactive ketones (excluding diaryl/α,β-unsaturated/α-hetero) is 1. The van der Waals surface area contributed by atoms with Gasteiger partial charge in [0.1, 0.15) is 15.8 Å². The molecule has 0 aliphatic heterocycles. The molecule has 2 aromatic rings. The smallest absolute Gasteiger partial charge is 0.194 e. The summed E-state index contributed by atoms with van der Waals surface area (Å²) in [5, 5.41) is 1.63. The molecular formula is C13H11FO3S2. The van der Waals surface area contributed by atoms with Crippen LogP contribution in [0.25, 0.3) is 0 Å². The maximum atomic E-state index is 13.4. The number of halogens is 1. The van der Waals surface area contributed by atoms with Crippen molar-refractivity contribution in [2.45, 2.75) is 10.6 Å². The summed E-state index contributed by atoms with van der Waals surface area (Å²) >= 11 is 1.07. The lowest BCUT2D eigenvalue weighted by molar-refractivity contribution is -0.116. The van der Waals surface area contributed by atoms with Gasteiger partial charge in [-0.1, -0.05) is 24.3 Å². The molecule has 1 aromatic carbocycles. The minimum atomic E-state index is -3.60. The molecule has 0 fully saturated rings. The Morgan fingerprint density at radius 3 is 2.53 bits per heavy atom. The Morgan fingerprint density at radius 2 is 1.89 bits per heavy atom. The minimum Gasteiger partial charge on any atom is -0.298 e. The normalized spacial score (nSPS) is 11.4. The van der Waals surface area contributed by atoms with Crippen molar-refractivity contribution in [1.82, 2.24) is 0 Å². The SMILES string of the molecule is O=C(Cc1ccccc1F)CS(=O)(=O)c1cccs1. The van der Waals surface area contributed by atoms with E-state index >= 15 is 0 Å². The zero-order valence-corrected chi connectivity index (χ0v) is 11.5. The van der Waals surface area contributed by atoms with Gasteiger partial charge < -0.3 is 0 Å². The summed E-state index contributed by atoms with van der Waals surface area (Å²) in [5.41, 5.74) is 0.217. The van der Waals surface area contributed by atoms with Crippen LogP contribution in [-0.2, 0) is 21.1 Å². The molecule has 3 nitrogen and oxygen atoms in total. The summed E-state index contributed by atoms with van der Waals surface area (Å²) < 4.78 is 37.3. The van der Waals surface area contributed by atoms with Crippen LogP contribution in [0.4, 0.5) is 4.39 Å². The molecule has 2 rings (SSSR count). The lowest BCUT2D eigenvalue weighted by Gasteiger charge is -2.03. The number of rotatable bonds is 5. The van der Waals surface area contributed by atoms with Gasteiger partial charge in [0, 0.05) is 6.42 Å². The van der Waals surface area contributed by atoms with E-state index in [2.05, 4.69) is 0 Å². The Bertz CT molecular complexity index is 676. The summed E-state index contributed by atoms with van der Waals surface area (Å²) in [4.78, 5) is 11.7. The standard InChI is InChI=1S/C13H11FO3S2/c14-12-5-2-1-4-10(12)8-11(15)9-19(16,17)13-6-3-7-18-13/h1-7H,8-9H2. The zero-order chi connectivity index (χ0) is 13.9. The van der Waals surface area contributed by atoms with Crippen molar-refractivity contribution in [3.8, 4) is 0 Å². The van der Waals surface area contributed by atoms with Crippen molar-refractivity contribution >= 4 is 27.0 Å². The molecule has 0 spiro atoms. The van der Waals surface area contributed by atoms with Gasteiger partial charge in [0.15, 0.2) is 15.6 Å². The second-order valence-electron chi connectivity index (χ2n) is 4.00. The molecule has 1 aromatic heterocycles. The summed E-state index contributed by atoms with van der Waals surface area (Å²) in [6.45, 7) is 0. The van der Waals surface area contributed by atoms with E-state index < -0.39 is 27.2 Å². The fourth-order valence-electron chi connectivity index (χ4n) is 1.63. The second-order valence-corrected chi connectivity index (χ2v) is 7.16. The van der Waals surface area contributed by atoms with Crippen molar-refractivity contribution in [2.75, 3.05) is 5.75 Å². The number of benzene rings is 1. The van der Waals surface area contributed by atoms with Crippen LogP contribution in [0, 0.1) is 5.82 Å². The molecule has 0 bridgehead atoms. The topological polar surface area (TPSA) is 51.2 Å². The molecule has 1 heterocycles. The second kappa shape index (κ2) is 5.63. The van der Waals surface area contributed by atoms with Gasteiger partial charge in [0.25, 0.3) is 0 Å². The van der Waals surface area contributed by atoms with E-state index in [0.717, 1.165) is 11.3 Å². The Hall–Kier alpha value is -1.53. The molecule has 6 heteroatoms. The number of carbonyl (C=O) groups excluding carboxylic acids is 1. The first-order valence-corrected chi connectivity index (χ1v) is 8.03. The maximum Gasteiger partial charge on any atom is 0.194 e. The molecule has 0 aliphatic rings. The lowest BCUT2D eigenvalue weighted by atomic mass is 10.1. The van der Waals surface area contributed by atoms with Crippen molar-refractivity contribution in [3.05, 3.63) is 53.2 Å². The van der Waals surface area contributed by atoms with Crippen molar-refractivity contribution in [2.24, 2.45) is 0 Å². The average Bonchev–Trinajstić information content (AvgIpc) is 2.85. The van der Waals surface area contributed by atoms with Crippen LogP contribution in [0.2, 0.25) is 0 Å². The highest BCUT2D eigenvalue weighted by molar-refractivity contribution is 7.94. The Balaban J connectivity index is 2.09. The molecule has 0 saturated heterocycles. The Labute approximate surface area is 114 Å². The number of hydrogen-bond donors (Lipinski definition) is 0. The molecule has 0 aliphatic carbocycles. The minimum absolute atomic E-state index is 0.161. The predicted molar refractivity (Wildman–Crippen MR) is 71.5 cm³/mol. The van der Waals surface area contributed by atoms with Crippen LogP contribution in [0.3, 0.4) is 0 Å². The number of carbonyl (C=O) groups is 1. The summed E-state index contributed by atoms with van der Waals surface area (Å²) in [7, 11) is -3.60. The first-order chi connectivity index (χ1) is 8.99. The third kappa shape index (κ3) is 3.48. The van der Waals surface area contributed by atoms with Gasteiger partial charge in [-0.05, 0) is 23.1 Å². The van der Waals surface area contributed by atoms with Crippen LogP contribution < -0.4 is 0 Å². The van der Waals surface area contributed by atoms with Gasteiger partial charge >= 0.3 is 0 Å². The Kier molecular flexibility index (Phi) is 4.11. The van der Waals surface area contributed by atoms with Gasteiger partial charge in [0.2, 0.25) is 0 Å². The van der Waals surface area contributed by atoms with Gasteiger partial charge in [-0.15, -0.1) is 11.3 Å². The van der Waals surface area contributed by atoms with Crippen molar-refractivity contribution in [1.29, 1.82) is 0 Å². The third-order valence-electron chi connectivity index (χ3n) is 2.50. The number of sulfone groups is 1. The van der Waals surface area contributed by atoms with E-state index in [0.29, 0.717) is 0 Å². The van der Waals surface area contributed by atoms with Crippen LogP contribution in [-0.4, -0.2) is 20.0 Å². The van der Waals surface area contributed by atoms with E-state index in [-0.39, 0.29) is 16.2 Å². The molecule has 100 valence electrons. The number of ketones is 1. The molecule has 0 amide bonds. The van der Waals surface area contributed by atoms with E-state index in [1.54, 1.807) is 17.5 Å². The number of hydrogen-bond acceptors (Lipinski definition) is 4. The van der Waals surface area contributed by atoms with Gasteiger partial charge in [-0.25, -0.2) is 12.8 Å². The van der Waals surface area contributed by atoms with E-state index in [1.807, 2.05) is 0 Å². The Morgan fingerprint density at radius 1 is 1.16 bits per heavy atom. The predicted octanol–water partition coefficient (Wildman–Crippen LogP) is 2.47. The molecular weight excluding hydrogens is 287 g/mol. The van der Waals surface area contributed by atoms with Crippen LogP contribution in [0.15, 0.2) is 46.0 Å². The van der Waals surface area contributed by atoms with E-state index in [1.165, 1.54) is 24.3 Å². The monoisotopic (exact) mass is 298 g/mol. The maximum absolute atomic E-state index is 13.4. The fraction of sp³-hybridized carbons (Fsp3) is 0.154. The van der Waals surface area contributed by atoms with Crippen LogP contribution in [0.1, 0.15) is 5.56 Å². The molecule has 0 unspecified atom stereocenters. The molecule has 0 atom stereocenters. The van der Waals surface area contributed by atoms with Crippen molar-refractivity contribution < 1.29 is 17.6 Å². The van der Waals surface area contributed by atoms with Crippen LogP contribution >= 0.6 is 11.3 Å². The molecule has 0 N–H and O–H groups in total. The largest absolute Gasteiger partial charge is 0.298 e. The highest BCUT2D eigenvalue weighted by atomic mass is 32.2. The zero-order valence-electron chi connectivity index (χ0n) is 9.87.